The predicted molar refractivity (Wildman–Crippen MR) is 144 cm³/mol. The van der Waals surface area contributed by atoms with Crippen molar-refractivity contribution in [2.75, 3.05) is 31.6 Å². The second-order valence-corrected chi connectivity index (χ2v) is 9.72. The lowest BCUT2D eigenvalue weighted by Gasteiger charge is -2.24. The molecule has 1 aliphatic heterocycles. The molecule has 8 nitrogen and oxygen atoms in total. The minimum absolute atomic E-state index is 0.00633. The summed E-state index contributed by atoms with van der Waals surface area (Å²) in [6, 6.07) is 6.28. The molecule has 4 amide bonds. The van der Waals surface area contributed by atoms with Crippen LogP contribution in [-0.2, 0) is 9.59 Å². The lowest BCUT2D eigenvalue weighted by atomic mass is 10.1. The van der Waals surface area contributed by atoms with Gasteiger partial charge in [-0.3, -0.25) is 9.59 Å². The number of nitrogens with one attached hydrogen (secondary N) is 1. The van der Waals surface area contributed by atoms with E-state index in [0.717, 1.165) is 32.1 Å². The van der Waals surface area contributed by atoms with E-state index in [1.54, 1.807) is 31.4 Å². The molecule has 0 radical (unpaired) electrons. The number of nitrogens with zero attached hydrogens (tertiary/aromatic N) is 2. The van der Waals surface area contributed by atoms with Crippen LogP contribution in [0.15, 0.2) is 24.3 Å². The summed E-state index contributed by atoms with van der Waals surface area (Å²) in [4.78, 5) is 41.0. The predicted octanol–water partition coefficient (Wildman–Crippen LogP) is 5.00. The number of rotatable bonds is 19. The SMILES string of the molecule is CCCCCCCCCCCC(=O)NC(CCCCN)CN1CC(=O)N(c2ccc(OC)cc2)C1=O. The lowest BCUT2D eigenvalue weighted by molar-refractivity contribution is -0.122. The van der Waals surface area contributed by atoms with Crippen molar-refractivity contribution in [3.05, 3.63) is 24.3 Å². The summed E-state index contributed by atoms with van der Waals surface area (Å²) in [5.74, 6) is 0.400. The Morgan fingerprint density at radius 1 is 0.972 bits per heavy atom. The molecule has 1 aromatic rings. The third-order valence-corrected chi connectivity index (χ3v) is 6.69. The molecule has 1 saturated heterocycles. The molecule has 0 bridgehead atoms. The van der Waals surface area contributed by atoms with Gasteiger partial charge in [-0.15, -0.1) is 0 Å². The molecular weight excluding hydrogens is 456 g/mol. The maximum absolute atomic E-state index is 13.0. The fourth-order valence-corrected chi connectivity index (χ4v) is 4.58. The second-order valence-electron chi connectivity index (χ2n) is 9.72. The van der Waals surface area contributed by atoms with Crippen LogP contribution in [0.2, 0.25) is 0 Å². The van der Waals surface area contributed by atoms with Crippen molar-refractivity contribution < 1.29 is 19.1 Å². The van der Waals surface area contributed by atoms with Gasteiger partial charge in [0.25, 0.3) is 5.91 Å². The summed E-state index contributed by atoms with van der Waals surface area (Å²) in [7, 11) is 1.57. The number of ether oxygens (including phenoxy) is 1. The van der Waals surface area contributed by atoms with E-state index < -0.39 is 0 Å². The molecule has 1 heterocycles. The minimum Gasteiger partial charge on any atom is -0.497 e. The Bertz CT molecular complexity index is 799. The van der Waals surface area contributed by atoms with Gasteiger partial charge in [0.05, 0.1) is 12.8 Å². The summed E-state index contributed by atoms with van der Waals surface area (Å²) in [5, 5.41) is 3.11. The number of methoxy groups -OCH3 is 1. The normalized spacial score (nSPS) is 14.4. The summed E-state index contributed by atoms with van der Waals surface area (Å²) in [6.45, 7) is 3.14. The number of hydrogen-bond acceptors (Lipinski definition) is 5. The largest absolute Gasteiger partial charge is 0.497 e. The molecule has 36 heavy (non-hydrogen) atoms. The van der Waals surface area contributed by atoms with Crippen LogP contribution in [0.25, 0.3) is 0 Å². The van der Waals surface area contributed by atoms with Gasteiger partial charge < -0.3 is 20.7 Å². The van der Waals surface area contributed by atoms with Crippen LogP contribution in [0.4, 0.5) is 10.5 Å². The molecule has 0 aliphatic carbocycles. The van der Waals surface area contributed by atoms with Crippen molar-refractivity contribution in [1.82, 2.24) is 10.2 Å². The molecule has 1 unspecified atom stereocenters. The molecule has 0 saturated carbocycles. The highest BCUT2D eigenvalue weighted by molar-refractivity contribution is 6.19. The van der Waals surface area contributed by atoms with Crippen LogP contribution in [0, 0.1) is 0 Å². The smallest absolute Gasteiger partial charge is 0.331 e. The first kappa shape index (κ1) is 29.6. The summed E-state index contributed by atoms with van der Waals surface area (Å²) in [6.07, 6.45) is 13.8. The van der Waals surface area contributed by atoms with Crippen molar-refractivity contribution in [3.63, 3.8) is 0 Å². The van der Waals surface area contributed by atoms with Gasteiger partial charge in [0.2, 0.25) is 5.91 Å². The molecule has 0 aromatic heterocycles. The van der Waals surface area contributed by atoms with E-state index in [0.29, 0.717) is 30.9 Å². The van der Waals surface area contributed by atoms with E-state index in [9.17, 15) is 14.4 Å². The average molecular weight is 503 g/mol. The molecule has 1 atom stereocenters. The van der Waals surface area contributed by atoms with Crippen molar-refractivity contribution in [2.24, 2.45) is 5.73 Å². The number of unbranched alkanes of at least 4 members (excludes halogenated alkanes) is 9. The summed E-state index contributed by atoms with van der Waals surface area (Å²) in [5.41, 5.74) is 6.17. The summed E-state index contributed by atoms with van der Waals surface area (Å²) < 4.78 is 5.16. The Kier molecular flexibility index (Phi) is 13.9. The number of amides is 4. The second kappa shape index (κ2) is 17.0. The highest BCUT2D eigenvalue weighted by Crippen LogP contribution is 2.24. The number of carbonyl (C=O) groups excluding carboxylic acids is 3. The topological polar surface area (TPSA) is 105 Å². The summed E-state index contributed by atoms with van der Waals surface area (Å²) >= 11 is 0. The molecule has 2 rings (SSSR count). The van der Waals surface area contributed by atoms with Gasteiger partial charge in [0.15, 0.2) is 0 Å². The van der Waals surface area contributed by atoms with E-state index in [4.69, 9.17) is 10.5 Å². The molecule has 1 aliphatic rings. The van der Waals surface area contributed by atoms with Gasteiger partial charge in [-0.2, -0.15) is 0 Å². The average Bonchev–Trinajstić information content (AvgIpc) is 3.15. The standard InChI is InChI=1S/C28H46N4O4/c1-3-4-5-6-7-8-9-10-11-15-26(33)30-23(14-12-13-20-29)21-31-22-27(34)32(28(31)35)24-16-18-25(36-2)19-17-24/h16-19,23H,3-15,20-22,29H2,1-2H3,(H,30,33). The van der Waals surface area contributed by atoms with Crippen LogP contribution >= 0.6 is 0 Å². The Balaban J connectivity index is 1.82. The minimum atomic E-state index is -0.359. The first-order valence-electron chi connectivity index (χ1n) is 13.8. The monoisotopic (exact) mass is 502 g/mol. The van der Waals surface area contributed by atoms with Crippen molar-refractivity contribution in [1.29, 1.82) is 0 Å². The number of hydrogen-bond donors (Lipinski definition) is 2. The molecule has 1 aromatic carbocycles. The Morgan fingerprint density at radius 3 is 2.22 bits per heavy atom. The van der Waals surface area contributed by atoms with Crippen LogP contribution in [-0.4, -0.2) is 55.5 Å². The first-order valence-corrected chi connectivity index (χ1v) is 13.8. The molecule has 8 heteroatoms. The zero-order valence-electron chi connectivity index (χ0n) is 22.3. The number of nitrogens with two attached hydrogens (primary N) is 1. The van der Waals surface area contributed by atoms with Crippen molar-refractivity contribution in [3.8, 4) is 5.75 Å². The third-order valence-electron chi connectivity index (χ3n) is 6.69. The molecule has 1 fully saturated rings. The van der Waals surface area contributed by atoms with Crippen LogP contribution < -0.4 is 20.7 Å². The number of benzene rings is 1. The van der Waals surface area contributed by atoms with E-state index in [2.05, 4.69) is 12.2 Å². The fraction of sp³-hybridized carbons (Fsp3) is 0.679. The van der Waals surface area contributed by atoms with Gasteiger partial charge in [0, 0.05) is 19.0 Å². The quantitative estimate of drug-likeness (QED) is 0.205. The molecular formula is C28H46N4O4. The number of urea groups is 1. The maximum atomic E-state index is 13.0. The van der Waals surface area contributed by atoms with Crippen LogP contribution in [0.1, 0.15) is 90.4 Å². The third kappa shape index (κ3) is 10.2. The Hall–Kier alpha value is -2.61. The zero-order chi connectivity index (χ0) is 26.2. The Morgan fingerprint density at radius 2 is 1.61 bits per heavy atom. The van der Waals surface area contributed by atoms with E-state index in [-0.39, 0.29) is 30.4 Å². The van der Waals surface area contributed by atoms with Gasteiger partial charge >= 0.3 is 6.03 Å². The molecule has 0 spiro atoms. The number of carbonyl (C=O) groups is 3. The van der Waals surface area contributed by atoms with Crippen molar-refractivity contribution in [2.45, 2.75) is 96.4 Å². The van der Waals surface area contributed by atoms with E-state index >= 15 is 0 Å². The van der Waals surface area contributed by atoms with Gasteiger partial charge in [-0.05, 0) is 50.1 Å². The Labute approximate surface area is 216 Å². The van der Waals surface area contributed by atoms with E-state index in [1.807, 2.05) is 0 Å². The number of anilines is 1. The number of imide groups is 1. The zero-order valence-corrected chi connectivity index (χ0v) is 22.3. The van der Waals surface area contributed by atoms with Crippen molar-refractivity contribution >= 4 is 23.5 Å². The molecule has 202 valence electrons. The highest BCUT2D eigenvalue weighted by atomic mass is 16.5. The van der Waals surface area contributed by atoms with Gasteiger partial charge in [-0.1, -0.05) is 64.7 Å². The maximum Gasteiger partial charge on any atom is 0.331 e. The highest BCUT2D eigenvalue weighted by Gasteiger charge is 2.38. The van der Waals surface area contributed by atoms with Crippen LogP contribution in [0.5, 0.6) is 5.75 Å². The van der Waals surface area contributed by atoms with Gasteiger partial charge in [-0.25, -0.2) is 9.69 Å². The fourth-order valence-electron chi connectivity index (χ4n) is 4.58. The molecule has 3 N–H and O–H groups in total. The lowest BCUT2D eigenvalue weighted by Crippen LogP contribution is -2.45. The van der Waals surface area contributed by atoms with Crippen LogP contribution in [0.3, 0.4) is 0 Å². The van der Waals surface area contributed by atoms with E-state index in [1.165, 1.54) is 54.7 Å². The van der Waals surface area contributed by atoms with Gasteiger partial charge in [0.1, 0.15) is 12.3 Å². The first-order chi connectivity index (χ1) is 17.5.